The maximum absolute atomic E-state index is 12.6. The zero-order valence-electron chi connectivity index (χ0n) is 21.5. The maximum atomic E-state index is 12.6. The number of carboxylic acid groups (broad SMARTS) is 1. The number of pyridine rings is 2. The molecule has 1 fully saturated rings. The van der Waals surface area contributed by atoms with Crippen LogP contribution in [0.15, 0.2) is 47.5 Å². The molecule has 1 atom stereocenters. The molecular formula is C27H29N5O6S. The molecule has 11 nitrogen and oxygen atoms in total. The number of fused-ring (bicyclic) bond motifs is 2. The van der Waals surface area contributed by atoms with Crippen molar-refractivity contribution in [2.24, 2.45) is 0 Å². The van der Waals surface area contributed by atoms with Gasteiger partial charge in [-0.2, -0.15) is 0 Å². The van der Waals surface area contributed by atoms with Gasteiger partial charge in [-0.25, -0.2) is 9.78 Å². The first-order valence-corrected chi connectivity index (χ1v) is 13.7. The molecule has 0 saturated carbocycles. The van der Waals surface area contributed by atoms with Crippen molar-refractivity contribution in [2.75, 3.05) is 42.7 Å². The third kappa shape index (κ3) is 6.40. The Hall–Kier alpha value is -3.90. The number of amides is 2. The van der Waals surface area contributed by atoms with Gasteiger partial charge in [-0.3, -0.25) is 24.4 Å². The Kier molecular flexibility index (Phi) is 8.13. The second-order valence-corrected chi connectivity index (χ2v) is 10.4. The Morgan fingerprint density at radius 3 is 2.95 bits per heavy atom. The first-order chi connectivity index (χ1) is 18.9. The molecule has 3 aromatic rings. The fraction of sp³-hybridized carbons (Fsp3) is 0.370. The first kappa shape index (κ1) is 26.7. The van der Waals surface area contributed by atoms with Crippen LogP contribution >= 0.6 is 11.8 Å². The number of nitrogens with zero attached hydrogens (tertiary/aromatic N) is 4. The quantitative estimate of drug-likeness (QED) is 0.363. The van der Waals surface area contributed by atoms with Gasteiger partial charge in [-0.15, -0.1) is 11.8 Å². The molecule has 2 amide bonds. The molecule has 2 aromatic heterocycles. The largest absolute Gasteiger partial charge is 0.481 e. The van der Waals surface area contributed by atoms with Gasteiger partial charge in [0.2, 0.25) is 11.8 Å². The monoisotopic (exact) mass is 551 g/mol. The second kappa shape index (κ2) is 11.9. The number of hydrogen-bond donors (Lipinski definition) is 2. The number of aliphatic carboxylic acids is 1. The van der Waals surface area contributed by atoms with Crippen LogP contribution in [0.2, 0.25) is 0 Å². The van der Waals surface area contributed by atoms with Crippen LogP contribution in [0.25, 0.3) is 11.0 Å². The van der Waals surface area contributed by atoms with Crippen LogP contribution < -0.4 is 15.0 Å². The van der Waals surface area contributed by atoms with Crippen molar-refractivity contribution < 1.29 is 29.0 Å². The number of cyclic esters (lactones) is 1. The third-order valence-electron chi connectivity index (χ3n) is 6.67. The van der Waals surface area contributed by atoms with E-state index in [1.165, 1.54) is 11.8 Å². The highest BCUT2D eigenvalue weighted by molar-refractivity contribution is 8.00. The highest BCUT2D eigenvalue weighted by atomic mass is 32.2. The number of carboxylic acids is 1. The number of nitrogens with one attached hydrogen (secondary N) is 1. The van der Waals surface area contributed by atoms with E-state index in [4.69, 9.17) is 9.47 Å². The second-order valence-electron chi connectivity index (χ2n) is 9.39. The summed E-state index contributed by atoms with van der Waals surface area (Å²) in [5.41, 5.74) is 3.77. The smallest absolute Gasteiger partial charge is 0.414 e. The predicted molar refractivity (Wildman–Crippen MR) is 146 cm³/mol. The van der Waals surface area contributed by atoms with E-state index in [-0.39, 0.29) is 18.4 Å². The number of rotatable bonds is 11. The minimum absolute atomic E-state index is 0.0130. The Morgan fingerprint density at radius 1 is 1.26 bits per heavy atom. The molecule has 39 heavy (non-hydrogen) atoms. The minimum atomic E-state index is -0.862. The highest BCUT2D eigenvalue weighted by Crippen LogP contribution is 2.35. The molecule has 2 N–H and O–H groups in total. The van der Waals surface area contributed by atoms with E-state index in [1.807, 2.05) is 24.3 Å². The van der Waals surface area contributed by atoms with Gasteiger partial charge in [-0.05, 0) is 55.3 Å². The molecule has 2 aliphatic rings. The van der Waals surface area contributed by atoms with Crippen LogP contribution in [-0.4, -0.2) is 76.5 Å². The van der Waals surface area contributed by atoms with E-state index >= 15 is 0 Å². The van der Waals surface area contributed by atoms with Gasteiger partial charge in [0.05, 0.1) is 42.5 Å². The van der Waals surface area contributed by atoms with Crippen LogP contribution in [-0.2, 0) is 20.9 Å². The van der Waals surface area contributed by atoms with Crippen LogP contribution in [0.3, 0.4) is 0 Å². The van der Waals surface area contributed by atoms with Crippen molar-refractivity contribution in [3.63, 3.8) is 0 Å². The van der Waals surface area contributed by atoms with Gasteiger partial charge in [-0.1, -0.05) is 0 Å². The molecule has 1 saturated heterocycles. The molecule has 0 radical (unpaired) electrons. The van der Waals surface area contributed by atoms with Gasteiger partial charge in [0.15, 0.2) is 0 Å². The van der Waals surface area contributed by atoms with E-state index in [9.17, 15) is 19.5 Å². The fourth-order valence-electron chi connectivity index (χ4n) is 4.73. The standard InChI is InChI=1S/C27H29N5O6S/c1-37-24-7-5-20-26(30-24)17(8-10-28-20)14-31(12-9-25(34)35)11-2-3-19-15-32(27(36)38-19)18-4-6-22-21(13-18)29-23(33)16-39-22/h4-8,10,13,19H,2-3,9,11-12,14-16H2,1H3,(H,29,33)(H,34,35). The summed E-state index contributed by atoms with van der Waals surface area (Å²) in [7, 11) is 1.56. The third-order valence-corrected chi connectivity index (χ3v) is 7.74. The average Bonchev–Trinajstić information content (AvgIpc) is 3.31. The van der Waals surface area contributed by atoms with E-state index in [2.05, 4.69) is 20.2 Å². The average molecular weight is 552 g/mol. The Labute approximate surface area is 229 Å². The SMILES string of the molecule is COc1ccc2nccc(CN(CCCC3CN(c4ccc5c(c4)NC(=O)CS5)C(=O)O3)CCC(=O)O)c2n1. The number of benzene rings is 1. The summed E-state index contributed by atoms with van der Waals surface area (Å²) in [6.45, 7) is 1.91. The minimum Gasteiger partial charge on any atom is -0.481 e. The van der Waals surface area contributed by atoms with E-state index in [1.54, 1.807) is 30.3 Å². The molecule has 1 aromatic carbocycles. The maximum Gasteiger partial charge on any atom is 0.414 e. The molecule has 0 spiro atoms. The van der Waals surface area contributed by atoms with Gasteiger partial charge in [0, 0.05) is 35.9 Å². The molecule has 4 heterocycles. The lowest BCUT2D eigenvalue weighted by Crippen LogP contribution is -2.28. The van der Waals surface area contributed by atoms with Crippen molar-refractivity contribution in [3.05, 3.63) is 48.2 Å². The number of carbonyl (C=O) groups is 3. The summed E-state index contributed by atoms with van der Waals surface area (Å²) in [5, 5.41) is 12.1. The number of methoxy groups -OCH3 is 1. The van der Waals surface area contributed by atoms with E-state index in [0.717, 1.165) is 21.5 Å². The molecule has 12 heteroatoms. The molecule has 0 bridgehead atoms. The van der Waals surface area contributed by atoms with Crippen LogP contribution in [0.5, 0.6) is 5.88 Å². The van der Waals surface area contributed by atoms with Gasteiger partial charge in [0.1, 0.15) is 6.10 Å². The summed E-state index contributed by atoms with van der Waals surface area (Å²) in [4.78, 5) is 49.2. The number of aromatic nitrogens is 2. The molecular weight excluding hydrogens is 522 g/mol. The summed E-state index contributed by atoms with van der Waals surface area (Å²) in [6, 6.07) is 11.1. The van der Waals surface area contributed by atoms with Crippen molar-refractivity contribution in [2.45, 2.75) is 36.8 Å². The number of hydrogen-bond acceptors (Lipinski definition) is 9. The molecule has 0 aliphatic carbocycles. The zero-order chi connectivity index (χ0) is 27.4. The van der Waals surface area contributed by atoms with Crippen molar-refractivity contribution in [3.8, 4) is 5.88 Å². The molecule has 2 aliphatic heterocycles. The van der Waals surface area contributed by atoms with Gasteiger partial charge < -0.3 is 19.9 Å². The Balaban J connectivity index is 1.21. The predicted octanol–water partition coefficient (Wildman–Crippen LogP) is 3.76. The summed E-state index contributed by atoms with van der Waals surface area (Å²) >= 11 is 1.47. The highest BCUT2D eigenvalue weighted by Gasteiger charge is 2.32. The van der Waals surface area contributed by atoms with Gasteiger partial charge >= 0.3 is 12.1 Å². The summed E-state index contributed by atoms with van der Waals surface area (Å²) in [5.74, 6) is -0.0549. The van der Waals surface area contributed by atoms with Gasteiger partial charge in [0.25, 0.3) is 0 Å². The lowest BCUT2D eigenvalue weighted by atomic mass is 10.1. The Bertz CT molecular complexity index is 1400. The zero-order valence-corrected chi connectivity index (χ0v) is 22.3. The topological polar surface area (TPSA) is 134 Å². The molecule has 1 unspecified atom stereocenters. The normalized spacial score (nSPS) is 16.8. The molecule has 204 valence electrons. The number of thioether (sulfide) groups is 1. The Morgan fingerprint density at radius 2 is 2.13 bits per heavy atom. The van der Waals surface area contributed by atoms with Crippen LogP contribution in [0, 0.1) is 0 Å². The van der Waals surface area contributed by atoms with Crippen molar-refractivity contribution >= 4 is 52.1 Å². The van der Waals surface area contributed by atoms with E-state index < -0.39 is 12.1 Å². The van der Waals surface area contributed by atoms with Crippen molar-refractivity contribution in [1.82, 2.24) is 14.9 Å². The lowest BCUT2D eigenvalue weighted by Gasteiger charge is -2.23. The molecule has 5 rings (SSSR count). The lowest BCUT2D eigenvalue weighted by molar-refractivity contribution is -0.137. The number of anilines is 2. The number of carbonyl (C=O) groups excluding carboxylic acids is 2. The van der Waals surface area contributed by atoms with Crippen LogP contribution in [0.1, 0.15) is 24.8 Å². The first-order valence-electron chi connectivity index (χ1n) is 12.7. The summed E-state index contributed by atoms with van der Waals surface area (Å²) < 4.78 is 10.9. The summed E-state index contributed by atoms with van der Waals surface area (Å²) in [6.07, 6.45) is 2.37. The fourth-order valence-corrected chi connectivity index (χ4v) is 5.52. The van der Waals surface area contributed by atoms with E-state index in [0.29, 0.717) is 62.0 Å². The van der Waals surface area contributed by atoms with Crippen molar-refractivity contribution in [1.29, 1.82) is 0 Å². The number of ether oxygens (including phenoxy) is 2. The van der Waals surface area contributed by atoms with Crippen LogP contribution in [0.4, 0.5) is 16.2 Å².